The van der Waals surface area contributed by atoms with Crippen molar-refractivity contribution in [1.29, 1.82) is 0 Å². The molecule has 1 aliphatic heterocycles. The van der Waals surface area contributed by atoms with Crippen LogP contribution < -0.4 is 20.3 Å². The summed E-state index contributed by atoms with van der Waals surface area (Å²) in [5.74, 6) is 0.128. The van der Waals surface area contributed by atoms with Gasteiger partial charge in [-0.15, -0.1) is 11.3 Å². The molecule has 0 radical (unpaired) electrons. The molecule has 0 spiro atoms. The van der Waals surface area contributed by atoms with E-state index >= 15 is 0 Å². The molecule has 7 nitrogen and oxygen atoms in total. The molecule has 1 atom stereocenters. The molecule has 2 heterocycles. The summed E-state index contributed by atoms with van der Waals surface area (Å²) in [5.41, 5.74) is 5.30. The smallest absolute Gasteiger partial charge is 0.283 e. The van der Waals surface area contributed by atoms with Gasteiger partial charge in [-0.05, 0) is 25.1 Å². The van der Waals surface area contributed by atoms with Crippen LogP contribution in [0.15, 0.2) is 35.7 Å². The van der Waals surface area contributed by atoms with Crippen molar-refractivity contribution in [2.75, 3.05) is 6.61 Å². The Morgan fingerprint density at radius 3 is 2.83 bits per heavy atom. The largest absolute Gasteiger partial charge is 0.485 e. The summed E-state index contributed by atoms with van der Waals surface area (Å²) in [6.45, 7) is 1.96. The van der Waals surface area contributed by atoms with E-state index in [0.717, 1.165) is 5.01 Å². The zero-order valence-corrected chi connectivity index (χ0v) is 13.6. The van der Waals surface area contributed by atoms with Crippen LogP contribution in [0.4, 0.5) is 0 Å². The van der Waals surface area contributed by atoms with Gasteiger partial charge in [-0.3, -0.25) is 20.4 Å². The second-order valence-corrected chi connectivity index (χ2v) is 6.03. The number of para-hydroxylation sites is 2. The SMILES string of the molecule is Cc1nc(/C=C/C(=O)NNC(=O)C2COc3ccccc3O2)cs1. The average molecular weight is 345 g/mol. The number of aryl methyl sites for hydroxylation is 1. The fourth-order valence-corrected chi connectivity index (χ4v) is 2.59. The molecule has 2 amide bonds. The van der Waals surface area contributed by atoms with Crippen LogP contribution in [0.3, 0.4) is 0 Å². The van der Waals surface area contributed by atoms with E-state index in [2.05, 4.69) is 15.8 Å². The number of carbonyl (C=O) groups excluding carboxylic acids is 2. The van der Waals surface area contributed by atoms with Crippen LogP contribution in [0.2, 0.25) is 0 Å². The number of fused-ring (bicyclic) bond motifs is 1. The quantitative estimate of drug-likeness (QED) is 0.649. The minimum atomic E-state index is -0.828. The van der Waals surface area contributed by atoms with Gasteiger partial charge in [0.1, 0.15) is 6.61 Å². The van der Waals surface area contributed by atoms with Crippen LogP contribution in [0, 0.1) is 6.92 Å². The van der Waals surface area contributed by atoms with E-state index in [-0.39, 0.29) is 6.61 Å². The average Bonchev–Trinajstić information content (AvgIpc) is 3.02. The molecule has 2 aromatic rings. The lowest BCUT2D eigenvalue weighted by Crippen LogP contribution is -2.50. The van der Waals surface area contributed by atoms with E-state index in [0.29, 0.717) is 17.2 Å². The Bertz CT molecular complexity index is 787. The van der Waals surface area contributed by atoms with Crippen molar-refractivity contribution >= 4 is 29.2 Å². The second kappa shape index (κ2) is 7.14. The summed E-state index contributed by atoms with van der Waals surface area (Å²) in [4.78, 5) is 27.9. The van der Waals surface area contributed by atoms with Gasteiger partial charge in [0, 0.05) is 11.5 Å². The molecular formula is C16H15N3O4S. The van der Waals surface area contributed by atoms with E-state index in [1.807, 2.05) is 18.4 Å². The van der Waals surface area contributed by atoms with Crippen molar-refractivity contribution in [2.45, 2.75) is 13.0 Å². The van der Waals surface area contributed by atoms with Gasteiger partial charge in [0.15, 0.2) is 11.5 Å². The van der Waals surface area contributed by atoms with Crippen molar-refractivity contribution in [3.63, 3.8) is 0 Å². The first kappa shape index (κ1) is 16.0. The topological polar surface area (TPSA) is 89.6 Å². The van der Waals surface area contributed by atoms with Crippen molar-refractivity contribution in [2.24, 2.45) is 0 Å². The van der Waals surface area contributed by atoms with Crippen molar-refractivity contribution < 1.29 is 19.1 Å². The first-order chi connectivity index (χ1) is 11.6. The molecule has 0 saturated heterocycles. The molecule has 0 bridgehead atoms. The third kappa shape index (κ3) is 3.90. The fourth-order valence-electron chi connectivity index (χ4n) is 2.01. The molecule has 24 heavy (non-hydrogen) atoms. The summed E-state index contributed by atoms with van der Waals surface area (Å²) in [5, 5.41) is 2.75. The van der Waals surface area contributed by atoms with E-state index < -0.39 is 17.9 Å². The van der Waals surface area contributed by atoms with Crippen LogP contribution in [-0.2, 0) is 9.59 Å². The summed E-state index contributed by atoms with van der Waals surface area (Å²) < 4.78 is 11.0. The van der Waals surface area contributed by atoms with E-state index in [9.17, 15) is 9.59 Å². The van der Waals surface area contributed by atoms with Crippen LogP contribution >= 0.6 is 11.3 Å². The number of hydrogen-bond donors (Lipinski definition) is 2. The Balaban J connectivity index is 1.49. The van der Waals surface area contributed by atoms with Gasteiger partial charge in [-0.25, -0.2) is 4.98 Å². The van der Waals surface area contributed by atoms with Crippen LogP contribution in [-0.4, -0.2) is 29.5 Å². The number of rotatable bonds is 3. The predicted octanol–water partition coefficient (Wildman–Crippen LogP) is 1.45. The van der Waals surface area contributed by atoms with Gasteiger partial charge in [-0.1, -0.05) is 12.1 Å². The molecule has 1 aromatic heterocycles. The summed E-state index contributed by atoms with van der Waals surface area (Å²) in [7, 11) is 0. The molecule has 3 rings (SSSR count). The molecular weight excluding hydrogens is 330 g/mol. The molecule has 0 aliphatic carbocycles. The fraction of sp³-hybridized carbons (Fsp3) is 0.188. The molecule has 0 fully saturated rings. The van der Waals surface area contributed by atoms with Crippen molar-refractivity contribution in [3.8, 4) is 11.5 Å². The lowest BCUT2D eigenvalue weighted by molar-refractivity contribution is -0.134. The minimum absolute atomic E-state index is 0.0760. The Labute approximate surface area is 142 Å². The van der Waals surface area contributed by atoms with Crippen LogP contribution in [0.1, 0.15) is 10.7 Å². The third-order valence-electron chi connectivity index (χ3n) is 3.15. The highest BCUT2D eigenvalue weighted by Gasteiger charge is 2.27. The van der Waals surface area contributed by atoms with E-state index in [1.165, 1.54) is 17.4 Å². The molecule has 2 N–H and O–H groups in total. The Hall–Kier alpha value is -2.87. The van der Waals surface area contributed by atoms with Crippen LogP contribution in [0.25, 0.3) is 6.08 Å². The first-order valence-electron chi connectivity index (χ1n) is 7.20. The van der Waals surface area contributed by atoms with Gasteiger partial charge in [-0.2, -0.15) is 0 Å². The number of nitrogens with one attached hydrogen (secondary N) is 2. The number of carbonyl (C=O) groups is 2. The van der Waals surface area contributed by atoms with E-state index in [4.69, 9.17) is 9.47 Å². The number of aromatic nitrogens is 1. The second-order valence-electron chi connectivity index (χ2n) is 4.97. The van der Waals surface area contributed by atoms with Gasteiger partial charge >= 0.3 is 0 Å². The molecule has 1 aromatic carbocycles. The van der Waals surface area contributed by atoms with Gasteiger partial charge in [0.2, 0.25) is 6.10 Å². The van der Waals surface area contributed by atoms with Crippen molar-refractivity contribution in [3.05, 3.63) is 46.4 Å². The van der Waals surface area contributed by atoms with Gasteiger partial charge in [0.05, 0.1) is 10.7 Å². The maximum Gasteiger partial charge on any atom is 0.283 e. The minimum Gasteiger partial charge on any atom is -0.485 e. The maximum absolute atomic E-state index is 12.0. The molecule has 124 valence electrons. The predicted molar refractivity (Wildman–Crippen MR) is 88.5 cm³/mol. The highest BCUT2D eigenvalue weighted by Crippen LogP contribution is 2.30. The highest BCUT2D eigenvalue weighted by molar-refractivity contribution is 7.09. The monoisotopic (exact) mass is 345 g/mol. The number of benzene rings is 1. The van der Waals surface area contributed by atoms with E-state index in [1.54, 1.807) is 24.3 Å². The molecule has 8 heteroatoms. The highest BCUT2D eigenvalue weighted by atomic mass is 32.1. The number of hydrazine groups is 1. The van der Waals surface area contributed by atoms with Gasteiger partial charge in [0.25, 0.3) is 11.8 Å². The number of amides is 2. The zero-order valence-electron chi connectivity index (χ0n) is 12.8. The first-order valence-corrected chi connectivity index (χ1v) is 8.08. The molecule has 1 aliphatic rings. The zero-order chi connectivity index (χ0) is 16.9. The van der Waals surface area contributed by atoms with Gasteiger partial charge < -0.3 is 9.47 Å². The third-order valence-corrected chi connectivity index (χ3v) is 3.94. The van der Waals surface area contributed by atoms with Crippen molar-refractivity contribution in [1.82, 2.24) is 15.8 Å². The maximum atomic E-state index is 12.0. The number of ether oxygens (including phenoxy) is 2. The lowest BCUT2D eigenvalue weighted by atomic mass is 10.2. The number of thiazole rings is 1. The summed E-state index contributed by atoms with van der Waals surface area (Å²) in [6, 6.07) is 7.08. The Morgan fingerprint density at radius 1 is 1.29 bits per heavy atom. The summed E-state index contributed by atoms with van der Waals surface area (Å²) in [6.07, 6.45) is 2.04. The standard InChI is InChI=1S/C16H15N3O4S/c1-10-17-11(9-24-10)6-7-15(20)18-19-16(21)14-8-22-12-4-2-3-5-13(12)23-14/h2-7,9,14H,8H2,1H3,(H,18,20)(H,19,21)/b7-6+. The normalized spacial score (nSPS) is 16.0. The molecule has 0 saturated carbocycles. The Morgan fingerprint density at radius 2 is 2.08 bits per heavy atom. The number of nitrogens with zero attached hydrogens (tertiary/aromatic N) is 1. The molecule has 1 unspecified atom stereocenters. The summed E-state index contributed by atoms with van der Waals surface area (Å²) >= 11 is 1.49. The van der Waals surface area contributed by atoms with Crippen LogP contribution in [0.5, 0.6) is 11.5 Å². The lowest BCUT2D eigenvalue weighted by Gasteiger charge is -2.25. The Kier molecular flexibility index (Phi) is 4.76. The number of hydrogen-bond acceptors (Lipinski definition) is 6.